The fraction of sp³-hybridized carbons (Fsp3) is 0.200. The first-order valence-corrected chi connectivity index (χ1v) is 6.46. The molecule has 0 aliphatic carbocycles. The molecule has 6 heteroatoms. The Kier molecular flexibility index (Phi) is 4.61. The minimum Gasteiger partial charge on any atom is -0.508 e. The zero-order chi connectivity index (χ0) is 15.2. The summed E-state index contributed by atoms with van der Waals surface area (Å²) in [4.78, 5) is 15.6. The third-order valence-electron chi connectivity index (χ3n) is 3.04. The van der Waals surface area contributed by atoms with Crippen LogP contribution < -0.4 is 11.1 Å². The van der Waals surface area contributed by atoms with Crippen LogP contribution in [0, 0.1) is 0 Å². The number of nitrogens with one attached hydrogen (secondary N) is 1. The summed E-state index contributed by atoms with van der Waals surface area (Å²) in [7, 11) is 1.31. The third kappa shape index (κ3) is 3.62. The Balaban J connectivity index is 2.00. The smallest absolute Gasteiger partial charge is 0.340 e. The molecule has 1 aromatic heterocycles. The summed E-state index contributed by atoms with van der Waals surface area (Å²) < 4.78 is 4.66. The molecule has 2 aromatic rings. The first-order valence-electron chi connectivity index (χ1n) is 6.46. The van der Waals surface area contributed by atoms with Crippen LogP contribution in [0.25, 0.3) is 0 Å². The number of pyridine rings is 1. The maximum absolute atomic E-state index is 11.5. The summed E-state index contributed by atoms with van der Waals surface area (Å²) in [5.74, 6) is 0.205. The van der Waals surface area contributed by atoms with Gasteiger partial charge in [0.1, 0.15) is 11.6 Å². The molecule has 0 radical (unpaired) electrons. The minimum absolute atomic E-state index is 0.239. The Hall–Kier alpha value is -2.76. The molecule has 110 valence electrons. The Bertz CT molecular complexity index is 627. The summed E-state index contributed by atoms with van der Waals surface area (Å²) >= 11 is 0. The van der Waals surface area contributed by atoms with Crippen molar-refractivity contribution in [3.05, 3.63) is 47.7 Å². The van der Waals surface area contributed by atoms with E-state index in [0.29, 0.717) is 17.9 Å². The molecule has 0 bridgehead atoms. The van der Waals surface area contributed by atoms with Crippen LogP contribution in [-0.2, 0) is 11.2 Å². The fourth-order valence-electron chi connectivity index (χ4n) is 1.89. The number of phenols is 1. The Morgan fingerprint density at radius 1 is 1.33 bits per heavy atom. The number of ether oxygens (including phenoxy) is 1. The van der Waals surface area contributed by atoms with Crippen LogP contribution in [0.3, 0.4) is 0 Å². The molecule has 0 aliphatic rings. The first kappa shape index (κ1) is 14.6. The lowest BCUT2D eigenvalue weighted by molar-refractivity contribution is 0.0602. The molecule has 0 saturated heterocycles. The van der Waals surface area contributed by atoms with Crippen molar-refractivity contribution in [1.82, 2.24) is 4.98 Å². The van der Waals surface area contributed by atoms with Crippen LogP contribution in [-0.4, -0.2) is 29.7 Å². The molecule has 1 aromatic carbocycles. The molecule has 1 heterocycles. The van der Waals surface area contributed by atoms with Crippen molar-refractivity contribution in [3.8, 4) is 5.75 Å². The molecule has 21 heavy (non-hydrogen) atoms. The molecule has 4 N–H and O–H groups in total. The van der Waals surface area contributed by atoms with Gasteiger partial charge in [-0.3, -0.25) is 0 Å². The second-order valence-electron chi connectivity index (χ2n) is 4.46. The second-order valence-corrected chi connectivity index (χ2v) is 4.46. The highest BCUT2D eigenvalue weighted by molar-refractivity contribution is 5.97. The number of benzene rings is 1. The number of phenolic OH excluding ortho intramolecular Hbond substituents is 1. The quantitative estimate of drug-likeness (QED) is 0.726. The Labute approximate surface area is 122 Å². The second kappa shape index (κ2) is 6.60. The number of nitrogens with zero attached hydrogens (tertiary/aromatic N) is 1. The topological polar surface area (TPSA) is 97.5 Å². The lowest BCUT2D eigenvalue weighted by Gasteiger charge is -2.10. The summed E-state index contributed by atoms with van der Waals surface area (Å²) in [5.41, 5.74) is 7.54. The van der Waals surface area contributed by atoms with Crippen LogP contribution >= 0.6 is 0 Å². The van der Waals surface area contributed by atoms with Gasteiger partial charge in [0.2, 0.25) is 0 Å². The van der Waals surface area contributed by atoms with E-state index in [1.54, 1.807) is 12.1 Å². The predicted molar refractivity (Wildman–Crippen MR) is 80.3 cm³/mol. The molecular formula is C15H17N3O3. The highest BCUT2D eigenvalue weighted by Gasteiger charge is 2.13. The van der Waals surface area contributed by atoms with Crippen LogP contribution in [0.4, 0.5) is 11.5 Å². The van der Waals surface area contributed by atoms with Crippen LogP contribution in [0.5, 0.6) is 5.75 Å². The SMILES string of the molecule is COC(=O)c1ccnc(NCCc2ccc(O)cc2)c1N. The van der Waals surface area contributed by atoms with Gasteiger partial charge < -0.3 is 20.9 Å². The zero-order valence-electron chi connectivity index (χ0n) is 11.7. The number of hydrogen-bond acceptors (Lipinski definition) is 6. The van der Waals surface area contributed by atoms with Crippen molar-refractivity contribution in [2.45, 2.75) is 6.42 Å². The van der Waals surface area contributed by atoms with Crippen LogP contribution in [0.1, 0.15) is 15.9 Å². The van der Waals surface area contributed by atoms with E-state index in [2.05, 4.69) is 15.0 Å². The van der Waals surface area contributed by atoms with Crippen molar-refractivity contribution in [2.75, 3.05) is 24.7 Å². The molecule has 0 spiro atoms. The number of anilines is 2. The number of aromatic hydroxyl groups is 1. The van der Waals surface area contributed by atoms with Gasteiger partial charge >= 0.3 is 5.97 Å². The number of hydrogen-bond donors (Lipinski definition) is 3. The molecule has 6 nitrogen and oxygen atoms in total. The van der Waals surface area contributed by atoms with Crippen molar-refractivity contribution in [3.63, 3.8) is 0 Å². The lowest BCUT2D eigenvalue weighted by atomic mass is 10.1. The van der Waals surface area contributed by atoms with E-state index in [1.807, 2.05) is 12.1 Å². The molecule has 0 amide bonds. The number of nitrogens with two attached hydrogens (primary N) is 1. The number of nitrogen functional groups attached to an aromatic ring is 1. The number of rotatable bonds is 5. The molecule has 0 unspecified atom stereocenters. The predicted octanol–water partition coefficient (Wildman–Crippen LogP) is 1.81. The number of methoxy groups -OCH3 is 1. The first-order chi connectivity index (χ1) is 10.1. The summed E-state index contributed by atoms with van der Waals surface area (Å²) in [6, 6.07) is 8.49. The van der Waals surface area contributed by atoms with Gasteiger partial charge in [0, 0.05) is 12.7 Å². The van der Waals surface area contributed by atoms with Gasteiger partial charge in [-0.15, -0.1) is 0 Å². The largest absolute Gasteiger partial charge is 0.508 e. The monoisotopic (exact) mass is 287 g/mol. The van der Waals surface area contributed by atoms with Crippen molar-refractivity contribution < 1.29 is 14.6 Å². The fourth-order valence-corrected chi connectivity index (χ4v) is 1.89. The van der Waals surface area contributed by atoms with E-state index in [0.717, 1.165) is 12.0 Å². The summed E-state index contributed by atoms with van der Waals surface area (Å²) in [6.07, 6.45) is 2.25. The maximum Gasteiger partial charge on any atom is 0.340 e. The number of aromatic nitrogens is 1. The van der Waals surface area contributed by atoms with E-state index in [-0.39, 0.29) is 11.4 Å². The standard InChI is InChI=1S/C15H17N3O3/c1-21-15(20)12-7-9-18-14(13(12)16)17-8-6-10-2-4-11(19)5-3-10/h2-5,7,9,19H,6,8,16H2,1H3,(H,17,18). The van der Waals surface area contributed by atoms with Gasteiger partial charge in [0.15, 0.2) is 0 Å². The van der Waals surface area contributed by atoms with Crippen LogP contribution in [0.15, 0.2) is 36.5 Å². The van der Waals surface area contributed by atoms with Gasteiger partial charge in [0.05, 0.1) is 18.4 Å². The molecule has 0 aliphatic heterocycles. The molecule has 0 atom stereocenters. The van der Waals surface area contributed by atoms with Gasteiger partial charge in [-0.25, -0.2) is 9.78 Å². The van der Waals surface area contributed by atoms with Gasteiger partial charge in [-0.1, -0.05) is 12.1 Å². The number of esters is 1. The van der Waals surface area contributed by atoms with E-state index in [4.69, 9.17) is 5.73 Å². The Morgan fingerprint density at radius 2 is 2.05 bits per heavy atom. The molecule has 2 rings (SSSR count). The normalized spacial score (nSPS) is 10.1. The highest BCUT2D eigenvalue weighted by Crippen LogP contribution is 2.20. The maximum atomic E-state index is 11.5. The number of carbonyl (C=O) groups is 1. The molecule has 0 saturated carbocycles. The van der Waals surface area contributed by atoms with Crippen LogP contribution in [0.2, 0.25) is 0 Å². The average Bonchev–Trinajstić information content (AvgIpc) is 2.50. The van der Waals surface area contributed by atoms with E-state index >= 15 is 0 Å². The average molecular weight is 287 g/mol. The number of carbonyl (C=O) groups excluding carboxylic acids is 1. The lowest BCUT2D eigenvalue weighted by Crippen LogP contribution is -2.12. The summed E-state index contributed by atoms with van der Waals surface area (Å²) in [6.45, 7) is 0.604. The van der Waals surface area contributed by atoms with Gasteiger partial charge in [-0.2, -0.15) is 0 Å². The van der Waals surface area contributed by atoms with E-state index in [9.17, 15) is 9.90 Å². The van der Waals surface area contributed by atoms with Crippen molar-refractivity contribution >= 4 is 17.5 Å². The molecule has 0 fully saturated rings. The van der Waals surface area contributed by atoms with Crippen molar-refractivity contribution in [2.24, 2.45) is 0 Å². The van der Waals surface area contributed by atoms with Crippen molar-refractivity contribution in [1.29, 1.82) is 0 Å². The Morgan fingerprint density at radius 3 is 2.71 bits per heavy atom. The van der Waals surface area contributed by atoms with Gasteiger partial charge in [0.25, 0.3) is 0 Å². The highest BCUT2D eigenvalue weighted by atomic mass is 16.5. The zero-order valence-corrected chi connectivity index (χ0v) is 11.7. The molecular weight excluding hydrogens is 270 g/mol. The minimum atomic E-state index is -0.489. The van der Waals surface area contributed by atoms with E-state index in [1.165, 1.54) is 19.4 Å². The third-order valence-corrected chi connectivity index (χ3v) is 3.04. The van der Waals surface area contributed by atoms with Gasteiger partial charge in [-0.05, 0) is 30.2 Å². The van der Waals surface area contributed by atoms with E-state index < -0.39 is 5.97 Å². The summed E-state index contributed by atoms with van der Waals surface area (Å²) in [5, 5.41) is 12.3.